The summed E-state index contributed by atoms with van der Waals surface area (Å²) >= 11 is 7.76. The first kappa shape index (κ1) is 20.0. The van der Waals surface area contributed by atoms with Gasteiger partial charge in [0.1, 0.15) is 17.0 Å². The van der Waals surface area contributed by atoms with Gasteiger partial charge in [0.25, 0.3) is 5.91 Å². The van der Waals surface area contributed by atoms with Gasteiger partial charge in [0.05, 0.1) is 28.5 Å². The molecule has 1 fully saturated rings. The van der Waals surface area contributed by atoms with Crippen LogP contribution < -0.4 is 4.90 Å². The first-order valence-corrected chi connectivity index (χ1v) is 11.5. The smallest absolute Gasteiger partial charge is 0.257 e. The normalized spacial score (nSPS) is 14.4. The number of carbonyl (C=O) groups excluding carboxylic acids is 1. The average molecular weight is 453 g/mol. The molecule has 1 saturated heterocycles. The topological polar surface area (TPSA) is 67.2 Å². The highest BCUT2D eigenvalue weighted by molar-refractivity contribution is 7.16. The minimum atomic E-state index is 0.0214. The van der Waals surface area contributed by atoms with Crippen LogP contribution in [0.4, 0.5) is 5.82 Å². The van der Waals surface area contributed by atoms with Gasteiger partial charge in [0, 0.05) is 31.2 Å². The molecule has 0 saturated carbocycles. The first-order valence-electron chi connectivity index (χ1n) is 10.2. The Hall–Kier alpha value is -2.97. The van der Waals surface area contributed by atoms with Gasteiger partial charge in [-0.2, -0.15) is 5.10 Å². The number of piperazine rings is 1. The molecule has 1 aliphatic heterocycles. The Balaban J connectivity index is 1.35. The second kappa shape index (κ2) is 8.28. The molecule has 1 aromatic carbocycles. The summed E-state index contributed by atoms with van der Waals surface area (Å²) in [4.78, 5) is 27.3. The van der Waals surface area contributed by atoms with Crippen molar-refractivity contribution in [2.45, 2.75) is 13.3 Å². The number of nitrogens with zero attached hydrogens (tertiary/aromatic N) is 6. The van der Waals surface area contributed by atoms with Crippen molar-refractivity contribution in [3.63, 3.8) is 0 Å². The fourth-order valence-electron chi connectivity index (χ4n) is 4.04. The van der Waals surface area contributed by atoms with E-state index in [4.69, 9.17) is 11.6 Å². The number of hydrogen-bond donors (Lipinski definition) is 0. The third-order valence-electron chi connectivity index (χ3n) is 5.59. The second-order valence-corrected chi connectivity index (χ2v) is 8.70. The largest absolute Gasteiger partial charge is 0.352 e. The van der Waals surface area contributed by atoms with Gasteiger partial charge >= 0.3 is 0 Å². The van der Waals surface area contributed by atoms with E-state index in [2.05, 4.69) is 26.0 Å². The zero-order valence-electron chi connectivity index (χ0n) is 17.0. The number of halogens is 1. The van der Waals surface area contributed by atoms with E-state index < -0.39 is 0 Å². The lowest BCUT2D eigenvalue weighted by Crippen LogP contribution is -2.49. The van der Waals surface area contributed by atoms with Gasteiger partial charge in [0.2, 0.25) is 0 Å². The summed E-state index contributed by atoms with van der Waals surface area (Å²) in [5.74, 6) is 0.967. The summed E-state index contributed by atoms with van der Waals surface area (Å²) in [7, 11) is 0. The van der Waals surface area contributed by atoms with Crippen LogP contribution in [0.25, 0.3) is 15.9 Å². The summed E-state index contributed by atoms with van der Waals surface area (Å²) in [6.07, 6.45) is 3.99. The quantitative estimate of drug-likeness (QED) is 0.467. The molecule has 4 aromatic rings. The molecule has 0 N–H and O–H groups in total. The lowest BCUT2D eigenvalue weighted by atomic mass is 10.1. The van der Waals surface area contributed by atoms with Crippen LogP contribution in [0.5, 0.6) is 0 Å². The van der Waals surface area contributed by atoms with E-state index in [9.17, 15) is 4.79 Å². The Morgan fingerprint density at radius 2 is 2.00 bits per heavy atom. The van der Waals surface area contributed by atoms with E-state index >= 15 is 0 Å². The maximum Gasteiger partial charge on any atom is 0.257 e. The highest BCUT2D eigenvalue weighted by Crippen LogP contribution is 2.28. The Bertz CT molecular complexity index is 1240. The molecule has 0 bridgehead atoms. The average Bonchev–Trinajstić information content (AvgIpc) is 3.45. The van der Waals surface area contributed by atoms with Crippen molar-refractivity contribution < 1.29 is 4.79 Å². The van der Waals surface area contributed by atoms with Crippen molar-refractivity contribution >= 4 is 44.9 Å². The van der Waals surface area contributed by atoms with Gasteiger partial charge in [-0.25, -0.2) is 14.6 Å². The first-order chi connectivity index (χ1) is 15.2. The van der Waals surface area contributed by atoms with Gasteiger partial charge in [-0.15, -0.1) is 11.3 Å². The highest BCUT2D eigenvalue weighted by atomic mass is 35.5. The van der Waals surface area contributed by atoms with Crippen LogP contribution in [0, 0.1) is 0 Å². The molecule has 0 unspecified atom stereocenters. The summed E-state index contributed by atoms with van der Waals surface area (Å²) in [6, 6.07) is 9.57. The molecule has 3 aromatic heterocycles. The molecule has 0 aliphatic carbocycles. The summed E-state index contributed by atoms with van der Waals surface area (Å²) in [6.45, 7) is 4.78. The molecule has 0 atom stereocenters. The summed E-state index contributed by atoms with van der Waals surface area (Å²) < 4.78 is 1.81. The maximum absolute atomic E-state index is 13.3. The van der Waals surface area contributed by atoms with Crippen LogP contribution in [0.2, 0.25) is 5.02 Å². The number of thiophene rings is 1. The maximum atomic E-state index is 13.3. The van der Waals surface area contributed by atoms with Gasteiger partial charge < -0.3 is 9.80 Å². The van der Waals surface area contributed by atoms with E-state index in [1.807, 2.05) is 46.2 Å². The standard InChI is InChI=1S/C22H21ClN6OS/c1-2-19-18(13-26-29(19)16-5-3-4-15(23)12-16)22(30)28-9-7-27(8-10-28)20-17-6-11-31-21(17)25-14-24-20/h3-6,11-14H,2,7-10H2,1H3. The van der Waals surface area contributed by atoms with Crippen molar-refractivity contribution in [3.05, 3.63) is 64.5 Å². The van der Waals surface area contributed by atoms with Crippen molar-refractivity contribution in [1.82, 2.24) is 24.6 Å². The van der Waals surface area contributed by atoms with Gasteiger partial charge in [-0.1, -0.05) is 24.6 Å². The summed E-state index contributed by atoms with van der Waals surface area (Å²) in [5, 5.41) is 8.24. The molecule has 1 amide bonds. The molecule has 31 heavy (non-hydrogen) atoms. The second-order valence-electron chi connectivity index (χ2n) is 7.37. The lowest BCUT2D eigenvalue weighted by molar-refractivity contribution is 0.0745. The zero-order valence-corrected chi connectivity index (χ0v) is 18.6. The minimum absolute atomic E-state index is 0.0214. The Morgan fingerprint density at radius 3 is 2.77 bits per heavy atom. The molecule has 7 nitrogen and oxygen atoms in total. The monoisotopic (exact) mass is 452 g/mol. The van der Waals surface area contributed by atoms with Crippen LogP contribution in [0.15, 0.2) is 48.2 Å². The number of anilines is 1. The number of rotatable bonds is 4. The zero-order chi connectivity index (χ0) is 21.4. The van der Waals surface area contributed by atoms with Crippen molar-refractivity contribution in [2.75, 3.05) is 31.1 Å². The van der Waals surface area contributed by atoms with Gasteiger partial charge in [-0.3, -0.25) is 4.79 Å². The Kier molecular flexibility index (Phi) is 5.33. The number of hydrogen-bond acceptors (Lipinski definition) is 6. The number of aromatic nitrogens is 4. The van der Waals surface area contributed by atoms with E-state index in [0.717, 1.165) is 40.5 Å². The molecule has 158 valence electrons. The number of fused-ring (bicyclic) bond motifs is 1. The molecule has 0 radical (unpaired) electrons. The molecule has 0 spiro atoms. The molecule has 4 heterocycles. The predicted octanol–water partition coefficient (Wildman–Crippen LogP) is 4.06. The van der Waals surface area contributed by atoms with Crippen molar-refractivity contribution in [1.29, 1.82) is 0 Å². The minimum Gasteiger partial charge on any atom is -0.352 e. The van der Waals surface area contributed by atoms with E-state index in [0.29, 0.717) is 30.1 Å². The van der Waals surface area contributed by atoms with E-state index in [-0.39, 0.29) is 5.91 Å². The predicted molar refractivity (Wildman–Crippen MR) is 123 cm³/mol. The molecule has 1 aliphatic rings. The lowest BCUT2D eigenvalue weighted by Gasteiger charge is -2.35. The van der Waals surface area contributed by atoms with Crippen molar-refractivity contribution in [2.24, 2.45) is 0 Å². The molecular formula is C22H21ClN6OS. The van der Waals surface area contributed by atoms with Crippen LogP contribution in [0.1, 0.15) is 23.0 Å². The molecule has 9 heteroatoms. The Morgan fingerprint density at radius 1 is 1.16 bits per heavy atom. The Labute approximate surface area is 188 Å². The molecule has 5 rings (SSSR count). The third-order valence-corrected chi connectivity index (χ3v) is 6.65. The molecular weight excluding hydrogens is 432 g/mol. The number of amides is 1. The third kappa shape index (κ3) is 3.66. The van der Waals surface area contributed by atoms with Gasteiger partial charge in [-0.05, 0) is 36.1 Å². The van der Waals surface area contributed by atoms with Gasteiger partial charge in [0.15, 0.2) is 0 Å². The van der Waals surface area contributed by atoms with E-state index in [1.54, 1.807) is 23.9 Å². The number of carbonyl (C=O) groups is 1. The van der Waals surface area contributed by atoms with E-state index in [1.165, 1.54) is 0 Å². The number of benzene rings is 1. The van der Waals surface area contributed by atoms with Crippen LogP contribution in [-0.4, -0.2) is 56.7 Å². The van der Waals surface area contributed by atoms with Crippen LogP contribution in [-0.2, 0) is 6.42 Å². The SMILES string of the molecule is CCc1c(C(=O)N2CCN(c3ncnc4sccc34)CC2)cnn1-c1cccc(Cl)c1. The summed E-state index contributed by atoms with van der Waals surface area (Å²) in [5.41, 5.74) is 2.40. The highest BCUT2D eigenvalue weighted by Gasteiger charge is 2.27. The fourth-order valence-corrected chi connectivity index (χ4v) is 4.96. The van der Waals surface area contributed by atoms with Crippen LogP contribution in [0.3, 0.4) is 0 Å². The van der Waals surface area contributed by atoms with Crippen LogP contribution >= 0.6 is 22.9 Å². The fraction of sp³-hybridized carbons (Fsp3) is 0.273. The van der Waals surface area contributed by atoms with Crippen molar-refractivity contribution in [3.8, 4) is 5.69 Å².